The lowest BCUT2D eigenvalue weighted by Gasteiger charge is -2.14. The Labute approximate surface area is 207 Å². The Kier molecular flexibility index (Phi) is 4.57. The van der Waals surface area contributed by atoms with Crippen molar-refractivity contribution >= 4 is 32.7 Å². The number of aromatic nitrogens is 3. The molecular formula is C32H21N3O. The number of fused-ring (bicyclic) bond motifs is 3. The summed E-state index contributed by atoms with van der Waals surface area (Å²) in [5.41, 5.74) is 6.90. The molecule has 0 amide bonds. The van der Waals surface area contributed by atoms with E-state index >= 15 is 0 Å². The molecule has 1 N–H and O–H groups in total. The largest absolute Gasteiger partial charge is 0.506 e. The first-order valence-corrected chi connectivity index (χ1v) is 11.9. The van der Waals surface area contributed by atoms with E-state index < -0.39 is 0 Å². The Hall–Kier alpha value is -4.96. The second kappa shape index (κ2) is 8.07. The summed E-state index contributed by atoms with van der Waals surface area (Å²) in [6.45, 7) is 0. The Morgan fingerprint density at radius 1 is 0.556 bits per heavy atom. The maximum Gasteiger partial charge on any atom is 0.146 e. The highest BCUT2D eigenvalue weighted by Crippen LogP contribution is 2.39. The van der Waals surface area contributed by atoms with Crippen LogP contribution in [0, 0.1) is 0 Å². The van der Waals surface area contributed by atoms with Crippen LogP contribution in [-0.2, 0) is 0 Å². The van der Waals surface area contributed by atoms with Gasteiger partial charge in [-0.05, 0) is 64.4 Å². The molecule has 0 aliphatic heterocycles. The number of para-hydroxylation sites is 3. The van der Waals surface area contributed by atoms with Crippen LogP contribution in [0.5, 0.6) is 5.75 Å². The van der Waals surface area contributed by atoms with Gasteiger partial charge in [0.25, 0.3) is 0 Å². The van der Waals surface area contributed by atoms with Gasteiger partial charge in [0.2, 0.25) is 0 Å². The van der Waals surface area contributed by atoms with Gasteiger partial charge in [-0.15, -0.1) is 0 Å². The maximum atomic E-state index is 10.4. The average molecular weight is 464 g/mol. The number of hydrogen-bond acceptors (Lipinski definition) is 3. The predicted octanol–water partition coefficient (Wildman–Crippen LogP) is 7.77. The summed E-state index contributed by atoms with van der Waals surface area (Å²) in [6.07, 6.45) is 1.71. The Balaban J connectivity index is 1.53. The van der Waals surface area contributed by atoms with Crippen molar-refractivity contribution in [2.24, 2.45) is 0 Å². The Bertz CT molecular complexity index is 1900. The molecule has 0 spiro atoms. The van der Waals surface area contributed by atoms with Gasteiger partial charge in [0.15, 0.2) is 0 Å². The number of hydrogen-bond donors (Lipinski definition) is 1. The number of rotatable bonds is 3. The van der Waals surface area contributed by atoms with E-state index in [2.05, 4.69) is 88.4 Å². The summed E-state index contributed by atoms with van der Waals surface area (Å²) in [6, 6.07) is 39.0. The predicted molar refractivity (Wildman–Crippen MR) is 146 cm³/mol. The lowest BCUT2D eigenvalue weighted by atomic mass is 9.93. The standard InChI is InChI=1S/C32H21N3O/c36-30-19-18-25(26-15-8-20-33-31(26)30)23-11-6-13-24-22(23)12-7-14-27(24)32-34-28-16-4-5-17-29(28)35(32)21-9-2-1-3-10-21/h1-20,36H. The summed E-state index contributed by atoms with van der Waals surface area (Å²) in [5.74, 6) is 1.09. The van der Waals surface area contributed by atoms with E-state index in [0.29, 0.717) is 5.52 Å². The topological polar surface area (TPSA) is 50.9 Å². The molecule has 5 aromatic carbocycles. The normalized spacial score (nSPS) is 11.4. The molecule has 4 heteroatoms. The smallest absolute Gasteiger partial charge is 0.146 e. The molecule has 0 unspecified atom stereocenters. The van der Waals surface area contributed by atoms with Crippen LogP contribution < -0.4 is 0 Å². The van der Waals surface area contributed by atoms with Crippen molar-refractivity contribution in [3.05, 3.63) is 121 Å². The van der Waals surface area contributed by atoms with Crippen molar-refractivity contribution in [1.82, 2.24) is 14.5 Å². The van der Waals surface area contributed by atoms with E-state index in [0.717, 1.165) is 55.4 Å². The molecular weight excluding hydrogens is 442 g/mol. The van der Waals surface area contributed by atoms with Crippen molar-refractivity contribution in [1.29, 1.82) is 0 Å². The van der Waals surface area contributed by atoms with Crippen LogP contribution >= 0.6 is 0 Å². The summed E-state index contributed by atoms with van der Waals surface area (Å²) in [7, 11) is 0. The summed E-state index contributed by atoms with van der Waals surface area (Å²) in [5, 5.41) is 13.5. The molecule has 0 aliphatic rings. The van der Waals surface area contributed by atoms with Crippen LogP contribution in [-0.4, -0.2) is 19.6 Å². The van der Waals surface area contributed by atoms with Crippen LogP contribution in [0.1, 0.15) is 0 Å². The Morgan fingerprint density at radius 2 is 1.25 bits per heavy atom. The monoisotopic (exact) mass is 463 g/mol. The fourth-order valence-corrected chi connectivity index (χ4v) is 5.18. The third-order valence-corrected chi connectivity index (χ3v) is 6.78. The SMILES string of the molecule is Oc1ccc(-c2cccc3c(-c4nc5ccccc5n4-c4ccccc4)cccc23)c2cccnc12. The molecule has 4 nitrogen and oxygen atoms in total. The molecule has 36 heavy (non-hydrogen) atoms. The molecule has 7 aromatic rings. The number of imidazole rings is 1. The minimum atomic E-state index is 0.187. The minimum Gasteiger partial charge on any atom is -0.506 e. The van der Waals surface area contributed by atoms with Crippen molar-refractivity contribution in [3.63, 3.8) is 0 Å². The highest BCUT2D eigenvalue weighted by Gasteiger charge is 2.18. The van der Waals surface area contributed by atoms with E-state index in [9.17, 15) is 5.11 Å². The summed E-state index contributed by atoms with van der Waals surface area (Å²) in [4.78, 5) is 9.51. The van der Waals surface area contributed by atoms with Crippen molar-refractivity contribution in [3.8, 4) is 34.0 Å². The Morgan fingerprint density at radius 3 is 2.11 bits per heavy atom. The fourth-order valence-electron chi connectivity index (χ4n) is 5.18. The first-order chi connectivity index (χ1) is 17.8. The zero-order valence-electron chi connectivity index (χ0n) is 19.3. The van der Waals surface area contributed by atoms with Gasteiger partial charge in [-0.3, -0.25) is 9.55 Å². The highest BCUT2D eigenvalue weighted by molar-refractivity contribution is 6.09. The van der Waals surface area contributed by atoms with Gasteiger partial charge in [0, 0.05) is 22.8 Å². The molecule has 0 atom stereocenters. The van der Waals surface area contributed by atoms with E-state index in [1.807, 2.05) is 30.3 Å². The van der Waals surface area contributed by atoms with Gasteiger partial charge in [-0.2, -0.15) is 0 Å². The first kappa shape index (κ1) is 20.4. The molecule has 7 rings (SSSR count). The van der Waals surface area contributed by atoms with Gasteiger partial charge >= 0.3 is 0 Å². The molecule has 0 saturated heterocycles. The molecule has 0 bridgehead atoms. The van der Waals surface area contributed by atoms with Crippen molar-refractivity contribution in [2.45, 2.75) is 0 Å². The molecule has 0 radical (unpaired) electrons. The zero-order chi connectivity index (χ0) is 24.1. The van der Waals surface area contributed by atoms with E-state index in [1.165, 1.54) is 0 Å². The van der Waals surface area contributed by atoms with Crippen LogP contribution in [0.25, 0.3) is 60.9 Å². The zero-order valence-corrected chi connectivity index (χ0v) is 19.3. The number of pyridine rings is 1. The number of benzene rings is 5. The molecule has 2 aromatic heterocycles. The number of phenolic OH excluding ortho intramolecular Hbond substituents is 1. The molecule has 170 valence electrons. The van der Waals surface area contributed by atoms with Gasteiger partial charge < -0.3 is 5.11 Å². The molecule has 0 fully saturated rings. The second-order valence-corrected chi connectivity index (χ2v) is 8.83. The quantitative estimate of drug-likeness (QED) is 0.291. The van der Waals surface area contributed by atoms with Crippen molar-refractivity contribution in [2.75, 3.05) is 0 Å². The van der Waals surface area contributed by atoms with Crippen LogP contribution in [0.3, 0.4) is 0 Å². The maximum absolute atomic E-state index is 10.4. The van der Waals surface area contributed by atoms with Crippen LogP contribution in [0.2, 0.25) is 0 Å². The number of nitrogens with zero attached hydrogens (tertiary/aromatic N) is 3. The third-order valence-electron chi connectivity index (χ3n) is 6.78. The van der Waals surface area contributed by atoms with Crippen LogP contribution in [0.15, 0.2) is 121 Å². The molecule has 0 aliphatic carbocycles. The van der Waals surface area contributed by atoms with Gasteiger partial charge in [-0.1, -0.05) is 72.8 Å². The second-order valence-electron chi connectivity index (χ2n) is 8.83. The average Bonchev–Trinajstić information content (AvgIpc) is 3.33. The summed E-state index contributed by atoms with van der Waals surface area (Å²) >= 11 is 0. The number of phenols is 1. The van der Waals surface area contributed by atoms with E-state index in [4.69, 9.17) is 4.98 Å². The van der Waals surface area contributed by atoms with Gasteiger partial charge in [-0.25, -0.2) is 4.98 Å². The number of aromatic hydroxyl groups is 1. The minimum absolute atomic E-state index is 0.187. The van der Waals surface area contributed by atoms with Crippen molar-refractivity contribution < 1.29 is 5.11 Å². The summed E-state index contributed by atoms with van der Waals surface area (Å²) < 4.78 is 2.23. The lowest BCUT2D eigenvalue weighted by molar-refractivity contribution is 0.480. The van der Waals surface area contributed by atoms with E-state index in [1.54, 1.807) is 12.3 Å². The fraction of sp³-hybridized carbons (Fsp3) is 0. The van der Waals surface area contributed by atoms with Crippen LogP contribution in [0.4, 0.5) is 0 Å². The third kappa shape index (κ3) is 3.08. The van der Waals surface area contributed by atoms with Gasteiger partial charge in [0.1, 0.15) is 17.1 Å². The molecule has 2 heterocycles. The van der Waals surface area contributed by atoms with Gasteiger partial charge in [0.05, 0.1) is 11.0 Å². The highest BCUT2D eigenvalue weighted by atomic mass is 16.3. The molecule has 0 saturated carbocycles. The van der Waals surface area contributed by atoms with E-state index in [-0.39, 0.29) is 5.75 Å². The lowest BCUT2D eigenvalue weighted by Crippen LogP contribution is -1.98. The first-order valence-electron chi connectivity index (χ1n) is 11.9.